The molecule has 2 heteroatoms. The molecule has 0 bridgehead atoms. The first-order valence-corrected chi connectivity index (χ1v) is 6.69. The smallest absolute Gasteiger partial charge is 0.0623 e. The van der Waals surface area contributed by atoms with Gasteiger partial charge in [0, 0.05) is 13.2 Å². The van der Waals surface area contributed by atoms with Crippen LogP contribution in [0, 0.1) is 13.8 Å². The largest absolute Gasteiger partial charge is 0.379 e. The molecule has 0 heterocycles. The lowest BCUT2D eigenvalue weighted by atomic mass is 9.92. The van der Waals surface area contributed by atoms with Crippen molar-refractivity contribution in [3.8, 4) is 0 Å². The van der Waals surface area contributed by atoms with Crippen molar-refractivity contribution in [3.05, 3.63) is 34.9 Å². The first-order chi connectivity index (χ1) is 8.39. The molecular weight excluding hydrogens is 222 g/mol. The summed E-state index contributed by atoms with van der Waals surface area (Å²) in [6.07, 6.45) is 2.13. The molecule has 0 aliphatic carbocycles. The van der Waals surface area contributed by atoms with Crippen molar-refractivity contribution in [2.45, 2.75) is 52.2 Å². The Balaban J connectivity index is 2.77. The third-order valence-corrected chi connectivity index (χ3v) is 3.74. The predicted molar refractivity (Wildman–Crippen MR) is 78.0 cm³/mol. The van der Waals surface area contributed by atoms with Gasteiger partial charge in [-0.3, -0.25) is 0 Å². The highest BCUT2D eigenvalue weighted by molar-refractivity contribution is 5.32. The lowest BCUT2D eigenvalue weighted by molar-refractivity contribution is 0.0118. The van der Waals surface area contributed by atoms with E-state index in [1.54, 1.807) is 7.11 Å². The second kappa shape index (κ2) is 6.35. The van der Waals surface area contributed by atoms with Gasteiger partial charge in [-0.1, -0.05) is 23.8 Å². The third-order valence-electron chi connectivity index (χ3n) is 3.74. The summed E-state index contributed by atoms with van der Waals surface area (Å²) in [6, 6.07) is 7.08. The van der Waals surface area contributed by atoms with Crippen molar-refractivity contribution in [1.29, 1.82) is 0 Å². The lowest BCUT2D eigenvalue weighted by Crippen LogP contribution is -2.26. The van der Waals surface area contributed by atoms with Crippen LogP contribution in [0.4, 0.5) is 0 Å². The maximum atomic E-state index is 5.49. The summed E-state index contributed by atoms with van der Waals surface area (Å²) in [5, 5.41) is 3.42. The number of nitrogens with one attached hydrogen (secondary N) is 1. The van der Waals surface area contributed by atoms with Crippen LogP contribution in [0.5, 0.6) is 0 Å². The van der Waals surface area contributed by atoms with Crippen molar-refractivity contribution in [2.24, 2.45) is 0 Å². The van der Waals surface area contributed by atoms with Gasteiger partial charge in [-0.2, -0.15) is 0 Å². The van der Waals surface area contributed by atoms with E-state index in [-0.39, 0.29) is 5.60 Å². The average Bonchev–Trinajstić information content (AvgIpc) is 2.32. The van der Waals surface area contributed by atoms with Crippen LogP contribution in [0.3, 0.4) is 0 Å². The standard InChI is InChI=1S/C16H27NO/c1-12-7-8-14(13(2)11-12)15(17-5)9-10-16(3,4)18-6/h7-8,11,15,17H,9-10H2,1-6H3. The van der Waals surface area contributed by atoms with Gasteiger partial charge in [-0.25, -0.2) is 0 Å². The van der Waals surface area contributed by atoms with Gasteiger partial charge in [0.05, 0.1) is 5.60 Å². The van der Waals surface area contributed by atoms with Gasteiger partial charge in [0.1, 0.15) is 0 Å². The molecule has 1 aromatic rings. The molecule has 0 aliphatic heterocycles. The van der Waals surface area contributed by atoms with E-state index in [2.05, 4.69) is 51.2 Å². The first-order valence-electron chi connectivity index (χ1n) is 6.69. The highest BCUT2D eigenvalue weighted by Crippen LogP contribution is 2.26. The molecule has 0 amide bonds. The van der Waals surface area contributed by atoms with E-state index in [0.717, 1.165) is 12.8 Å². The summed E-state index contributed by atoms with van der Waals surface area (Å²) in [6.45, 7) is 8.61. The highest BCUT2D eigenvalue weighted by atomic mass is 16.5. The molecule has 1 atom stereocenters. The van der Waals surface area contributed by atoms with Crippen LogP contribution < -0.4 is 5.32 Å². The Morgan fingerprint density at radius 3 is 2.44 bits per heavy atom. The number of methoxy groups -OCH3 is 1. The van der Waals surface area contributed by atoms with Crippen molar-refractivity contribution in [3.63, 3.8) is 0 Å². The maximum Gasteiger partial charge on any atom is 0.0623 e. The van der Waals surface area contributed by atoms with E-state index in [1.165, 1.54) is 16.7 Å². The molecule has 2 nitrogen and oxygen atoms in total. The van der Waals surface area contributed by atoms with E-state index >= 15 is 0 Å². The van der Waals surface area contributed by atoms with Crippen molar-refractivity contribution in [2.75, 3.05) is 14.2 Å². The van der Waals surface area contributed by atoms with Crippen LogP contribution in [0.1, 0.15) is 49.4 Å². The number of hydrogen-bond acceptors (Lipinski definition) is 2. The van der Waals surface area contributed by atoms with Gasteiger partial charge in [0.15, 0.2) is 0 Å². The van der Waals surface area contributed by atoms with Crippen LogP contribution in [-0.2, 0) is 4.74 Å². The van der Waals surface area contributed by atoms with Gasteiger partial charge in [-0.15, -0.1) is 0 Å². The average molecular weight is 249 g/mol. The maximum absolute atomic E-state index is 5.49. The van der Waals surface area contributed by atoms with Crippen molar-refractivity contribution in [1.82, 2.24) is 5.32 Å². The molecule has 0 aliphatic rings. The Morgan fingerprint density at radius 1 is 1.28 bits per heavy atom. The second-order valence-corrected chi connectivity index (χ2v) is 5.70. The molecule has 1 aromatic carbocycles. The van der Waals surface area contributed by atoms with Crippen molar-refractivity contribution >= 4 is 0 Å². The van der Waals surface area contributed by atoms with Crippen LogP contribution in [0.2, 0.25) is 0 Å². The molecule has 1 rings (SSSR count). The Hall–Kier alpha value is -0.860. The van der Waals surface area contributed by atoms with E-state index in [1.807, 2.05) is 7.05 Å². The van der Waals surface area contributed by atoms with E-state index in [9.17, 15) is 0 Å². The molecule has 0 radical (unpaired) electrons. The fourth-order valence-corrected chi connectivity index (χ4v) is 2.27. The van der Waals surface area contributed by atoms with E-state index < -0.39 is 0 Å². The number of benzene rings is 1. The summed E-state index contributed by atoms with van der Waals surface area (Å²) in [5.74, 6) is 0. The molecule has 102 valence electrons. The van der Waals surface area contributed by atoms with Gasteiger partial charge in [0.25, 0.3) is 0 Å². The van der Waals surface area contributed by atoms with Gasteiger partial charge < -0.3 is 10.1 Å². The number of aryl methyl sites for hydroxylation is 2. The molecular formula is C16H27NO. The third kappa shape index (κ3) is 4.11. The number of rotatable bonds is 6. The summed E-state index contributed by atoms with van der Waals surface area (Å²) >= 11 is 0. The zero-order chi connectivity index (χ0) is 13.8. The summed E-state index contributed by atoms with van der Waals surface area (Å²) in [4.78, 5) is 0. The summed E-state index contributed by atoms with van der Waals surface area (Å²) in [5.41, 5.74) is 4.04. The van der Waals surface area contributed by atoms with E-state index in [4.69, 9.17) is 4.74 Å². The van der Waals surface area contributed by atoms with Crippen LogP contribution in [-0.4, -0.2) is 19.8 Å². The molecule has 1 unspecified atom stereocenters. The Labute approximate surface area is 112 Å². The molecule has 0 fully saturated rings. The van der Waals surface area contributed by atoms with Gasteiger partial charge in [0.2, 0.25) is 0 Å². The second-order valence-electron chi connectivity index (χ2n) is 5.70. The van der Waals surface area contributed by atoms with Gasteiger partial charge >= 0.3 is 0 Å². The van der Waals surface area contributed by atoms with Crippen LogP contribution in [0.25, 0.3) is 0 Å². The minimum absolute atomic E-state index is 0.0479. The molecule has 1 N–H and O–H groups in total. The van der Waals surface area contributed by atoms with Crippen LogP contribution >= 0.6 is 0 Å². The zero-order valence-electron chi connectivity index (χ0n) is 12.6. The summed E-state index contributed by atoms with van der Waals surface area (Å²) < 4.78 is 5.49. The minimum Gasteiger partial charge on any atom is -0.379 e. The number of hydrogen-bond donors (Lipinski definition) is 1. The molecule has 0 saturated carbocycles. The topological polar surface area (TPSA) is 21.3 Å². The fourth-order valence-electron chi connectivity index (χ4n) is 2.27. The monoisotopic (exact) mass is 249 g/mol. The fraction of sp³-hybridized carbons (Fsp3) is 0.625. The molecule has 18 heavy (non-hydrogen) atoms. The molecule has 0 saturated heterocycles. The summed E-state index contributed by atoms with van der Waals surface area (Å²) in [7, 11) is 3.81. The zero-order valence-corrected chi connectivity index (χ0v) is 12.6. The number of ether oxygens (including phenoxy) is 1. The van der Waals surface area contributed by atoms with Crippen molar-refractivity contribution < 1.29 is 4.74 Å². The Kier molecular flexibility index (Phi) is 5.36. The SMILES string of the molecule is CNC(CCC(C)(C)OC)c1ccc(C)cc1C. The normalized spacial score (nSPS) is 13.7. The molecule has 0 aromatic heterocycles. The van der Waals surface area contributed by atoms with Crippen LogP contribution in [0.15, 0.2) is 18.2 Å². The predicted octanol–water partition coefficient (Wildman–Crippen LogP) is 3.77. The Morgan fingerprint density at radius 2 is 1.94 bits per heavy atom. The quantitative estimate of drug-likeness (QED) is 0.828. The highest BCUT2D eigenvalue weighted by Gasteiger charge is 2.20. The molecule has 0 spiro atoms. The lowest BCUT2D eigenvalue weighted by Gasteiger charge is -2.26. The first kappa shape index (κ1) is 15.2. The minimum atomic E-state index is -0.0479. The van der Waals surface area contributed by atoms with E-state index in [0.29, 0.717) is 6.04 Å². The Bertz CT molecular complexity index is 385. The van der Waals surface area contributed by atoms with Gasteiger partial charge in [-0.05, 0) is 58.7 Å².